The van der Waals surface area contributed by atoms with E-state index in [-0.39, 0.29) is 5.78 Å². The number of thiophene rings is 1. The third kappa shape index (κ3) is 2.84. The smallest absolute Gasteiger partial charge is 0.349 e. The average molecular weight is 260 g/mol. The second-order valence-corrected chi connectivity index (χ2v) is 4.73. The topological polar surface area (TPSA) is 43.4 Å². The molecule has 1 unspecified atom stereocenters. The number of benzene rings is 1. The molecule has 0 radical (unpaired) electrons. The van der Waals surface area contributed by atoms with E-state index in [9.17, 15) is 9.59 Å². The minimum absolute atomic E-state index is 0.189. The van der Waals surface area contributed by atoms with Crippen LogP contribution in [-0.4, -0.2) is 11.8 Å². The van der Waals surface area contributed by atoms with Gasteiger partial charge in [-0.1, -0.05) is 36.4 Å². The summed E-state index contributed by atoms with van der Waals surface area (Å²) in [7, 11) is 0. The second-order valence-electron chi connectivity index (χ2n) is 3.78. The Hall–Kier alpha value is -1.94. The fraction of sp³-hybridized carbons (Fsp3) is 0.143. The normalized spacial score (nSPS) is 11.8. The van der Waals surface area contributed by atoms with Crippen molar-refractivity contribution in [2.45, 2.75) is 13.0 Å². The van der Waals surface area contributed by atoms with Crippen LogP contribution in [0.2, 0.25) is 0 Å². The van der Waals surface area contributed by atoms with E-state index in [1.165, 1.54) is 18.3 Å². The highest BCUT2D eigenvalue weighted by Gasteiger charge is 2.22. The lowest BCUT2D eigenvalue weighted by Gasteiger charge is -2.14. The molecule has 0 amide bonds. The molecular weight excluding hydrogens is 248 g/mol. The highest BCUT2D eigenvalue weighted by atomic mass is 32.1. The first-order chi connectivity index (χ1) is 8.68. The first kappa shape index (κ1) is 12.5. The summed E-state index contributed by atoms with van der Waals surface area (Å²) in [6, 6.07) is 12.5. The van der Waals surface area contributed by atoms with E-state index in [4.69, 9.17) is 4.74 Å². The van der Waals surface area contributed by atoms with Gasteiger partial charge in [0.15, 0.2) is 11.9 Å². The molecule has 1 heterocycles. The van der Waals surface area contributed by atoms with E-state index in [1.54, 1.807) is 29.6 Å². The summed E-state index contributed by atoms with van der Waals surface area (Å²) < 4.78 is 5.26. The summed E-state index contributed by atoms with van der Waals surface area (Å²) in [5.74, 6) is -0.653. The molecule has 0 saturated heterocycles. The third-order valence-corrected chi connectivity index (χ3v) is 3.27. The minimum atomic E-state index is -0.833. The molecule has 0 fully saturated rings. The molecule has 0 aliphatic heterocycles. The van der Waals surface area contributed by atoms with Crippen LogP contribution in [0.3, 0.4) is 0 Å². The zero-order valence-electron chi connectivity index (χ0n) is 9.83. The molecule has 0 spiro atoms. The summed E-state index contributed by atoms with van der Waals surface area (Å²) in [4.78, 5) is 23.9. The van der Waals surface area contributed by atoms with Crippen molar-refractivity contribution in [1.29, 1.82) is 0 Å². The second kappa shape index (κ2) is 5.60. The Morgan fingerprint density at radius 2 is 1.83 bits per heavy atom. The Labute approximate surface area is 109 Å². The van der Waals surface area contributed by atoms with Crippen molar-refractivity contribution in [1.82, 2.24) is 0 Å². The van der Waals surface area contributed by atoms with Gasteiger partial charge in [0.1, 0.15) is 4.88 Å². The average Bonchev–Trinajstić information content (AvgIpc) is 2.90. The van der Waals surface area contributed by atoms with Gasteiger partial charge < -0.3 is 4.74 Å². The maximum atomic E-state index is 11.8. The van der Waals surface area contributed by atoms with Crippen molar-refractivity contribution >= 4 is 23.1 Å². The molecular formula is C14H12O3S. The van der Waals surface area contributed by atoms with Gasteiger partial charge in [-0.3, -0.25) is 4.79 Å². The number of carbonyl (C=O) groups is 2. The SMILES string of the molecule is CC(=O)C(OC(=O)c1cccs1)c1ccccc1. The van der Waals surface area contributed by atoms with Crippen molar-refractivity contribution in [3.05, 3.63) is 58.3 Å². The van der Waals surface area contributed by atoms with E-state index in [0.717, 1.165) is 0 Å². The van der Waals surface area contributed by atoms with Crippen LogP contribution >= 0.6 is 11.3 Å². The fourth-order valence-electron chi connectivity index (χ4n) is 1.57. The fourth-order valence-corrected chi connectivity index (χ4v) is 2.18. The van der Waals surface area contributed by atoms with Gasteiger partial charge in [0, 0.05) is 0 Å². The van der Waals surface area contributed by atoms with Gasteiger partial charge in [-0.25, -0.2) is 4.79 Å². The van der Waals surface area contributed by atoms with Crippen LogP contribution in [0.1, 0.15) is 28.3 Å². The van der Waals surface area contributed by atoms with Crippen LogP contribution in [0.15, 0.2) is 47.8 Å². The standard InChI is InChI=1S/C14H12O3S/c1-10(15)13(11-6-3-2-4-7-11)17-14(16)12-8-5-9-18-12/h2-9,13H,1H3. The van der Waals surface area contributed by atoms with Gasteiger partial charge in [-0.15, -0.1) is 11.3 Å². The zero-order valence-corrected chi connectivity index (χ0v) is 10.6. The van der Waals surface area contributed by atoms with Crippen LogP contribution in [0, 0.1) is 0 Å². The van der Waals surface area contributed by atoms with Gasteiger partial charge in [0.2, 0.25) is 0 Å². The molecule has 0 aliphatic carbocycles. The maximum Gasteiger partial charge on any atom is 0.349 e. The van der Waals surface area contributed by atoms with Crippen LogP contribution in [-0.2, 0) is 9.53 Å². The Morgan fingerprint density at radius 3 is 2.39 bits per heavy atom. The molecule has 0 saturated carbocycles. The van der Waals surface area contributed by atoms with Gasteiger partial charge in [0.25, 0.3) is 0 Å². The molecule has 4 heteroatoms. The molecule has 0 aliphatic rings. The molecule has 18 heavy (non-hydrogen) atoms. The molecule has 92 valence electrons. The van der Waals surface area contributed by atoms with Crippen LogP contribution in [0.5, 0.6) is 0 Å². The lowest BCUT2D eigenvalue weighted by Crippen LogP contribution is -2.17. The first-order valence-corrected chi connectivity index (χ1v) is 6.36. The summed E-state index contributed by atoms with van der Waals surface area (Å²) in [6.07, 6.45) is -0.833. The van der Waals surface area contributed by atoms with E-state index in [2.05, 4.69) is 0 Å². The number of carbonyl (C=O) groups excluding carboxylic acids is 2. The first-order valence-electron chi connectivity index (χ1n) is 5.48. The highest BCUT2D eigenvalue weighted by Crippen LogP contribution is 2.21. The van der Waals surface area contributed by atoms with E-state index in [1.807, 2.05) is 18.2 Å². The van der Waals surface area contributed by atoms with Gasteiger partial charge in [-0.05, 0) is 23.9 Å². The Kier molecular flexibility index (Phi) is 3.89. The summed E-state index contributed by atoms with van der Waals surface area (Å²) in [6.45, 7) is 1.42. The van der Waals surface area contributed by atoms with E-state index in [0.29, 0.717) is 10.4 Å². The molecule has 0 bridgehead atoms. The predicted octanol–water partition coefficient (Wildman–Crippen LogP) is 3.24. The quantitative estimate of drug-likeness (QED) is 0.793. The number of ether oxygens (including phenoxy) is 1. The van der Waals surface area contributed by atoms with Crippen LogP contribution in [0.4, 0.5) is 0 Å². The molecule has 1 aromatic heterocycles. The number of esters is 1. The third-order valence-electron chi connectivity index (χ3n) is 2.42. The Bertz CT molecular complexity index is 531. The number of rotatable bonds is 4. The van der Waals surface area contributed by atoms with E-state index >= 15 is 0 Å². The number of ketones is 1. The number of Topliss-reactive ketones (excluding diaryl/α,β-unsaturated/α-hetero) is 1. The summed E-state index contributed by atoms with van der Waals surface area (Å²) in [5.41, 5.74) is 0.690. The number of hydrogen-bond acceptors (Lipinski definition) is 4. The Morgan fingerprint density at radius 1 is 1.11 bits per heavy atom. The van der Waals surface area contributed by atoms with Crippen molar-refractivity contribution in [2.75, 3.05) is 0 Å². The van der Waals surface area contributed by atoms with Gasteiger partial charge in [-0.2, -0.15) is 0 Å². The Balaban J connectivity index is 2.18. The monoisotopic (exact) mass is 260 g/mol. The van der Waals surface area contributed by atoms with Crippen molar-refractivity contribution in [2.24, 2.45) is 0 Å². The largest absolute Gasteiger partial charge is 0.445 e. The lowest BCUT2D eigenvalue weighted by molar-refractivity contribution is -0.125. The molecule has 2 aromatic rings. The summed E-state index contributed by atoms with van der Waals surface area (Å²) in [5, 5.41) is 1.79. The number of hydrogen-bond donors (Lipinski definition) is 0. The van der Waals surface area contributed by atoms with Crippen molar-refractivity contribution in [3.63, 3.8) is 0 Å². The van der Waals surface area contributed by atoms with Gasteiger partial charge in [0.05, 0.1) is 0 Å². The predicted molar refractivity (Wildman–Crippen MR) is 69.6 cm³/mol. The molecule has 3 nitrogen and oxygen atoms in total. The summed E-state index contributed by atoms with van der Waals surface area (Å²) >= 11 is 1.29. The van der Waals surface area contributed by atoms with Crippen LogP contribution in [0.25, 0.3) is 0 Å². The molecule has 0 N–H and O–H groups in total. The lowest BCUT2D eigenvalue weighted by atomic mass is 10.1. The van der Waals surface area contributed by atoms with Crippen molar-refractivity contribution < 1.29 is 14.3 Å². The van der Waals surface area contributed by atoms with Gasteiger partial charge >= 0.3 is 5.97 Å². The highest BCUT2D eigenvalue weighted by molar-refractivity contribution is 7.11. The van der Waals surface area contributed by atoms with E-state index < -0.39 is 12.1 Å². The van der Waals surface area contributed by atoms with Crippen LogP contribution < -0.4 is 0 Å². The molecule has 2 rings (SSSR count). The minimum Gasteiger partial charge on any atom is -0.445 e. The maximum absolute atomic E-state index is 11.8. The molecule has 1 aromatic carbocycles. The van der Waals surface area contributed by atoms with Crippen molar-refractivity contribution in [3.8, 4) is 0 Å². The molecule has 1 atom stereocenters. The zero-order chi connectivity index (χ0) is 13.0.